The summed E-state index contributed by atoms with van der Waals surface area (Å²) in [6.45, 7) is 2.01. The van der Waals surface area contributed by atoms with E-state index < -0.39 is 10.0 Å². The highest BCUT2D eigenvalue weighted by Crippen LogP contribution is 2.32. The molecule has 0 aliphatic rings. The molecule has 0 saturated heterocycles. The Bertz CT molecular complexity index is 975. The summed E-state index contributed by atoms with van der Waals surface area (Å²) in [4.78, 5) is 11.8. The van der Waals surface area contributed by atoms with Crippen LogP contribution in [0.3, 0.4) is 0 Å². The highest BCUT2D eigenvalue weighted by molar-refractivity contribution is 7.90. The lowest BCUT2D eigenvalue weighted by Crippen LogP contribution is -2.13. The summed E-state index contributed by atoms with van der Waals surface area (Å²) in [5.41, 5.74) is 2.52. The average Bonchev–Trinajstić information content (AvgIpc) is 3.03. The van der Waals surface area contributed by atoms with Gasteiger partial charge in [-0.2, -0.15) is 0 Å². The molecular weight excluding hydrogens is 334 g/mol. The lowest BCUT2D eigenvalue weighted by molar-refractivity contribution is 0.112. The smallest absolute Gasteiger partial charge is 0.268 e. The van der Waals surface area contributed by atoms with Crippen LogP contribution in [0.4, 0.5) is 0 Å². The Labute approximate surface area is 147 Å². The van der Waals surface area contributed by atoms with Gasteiger partial charge in [-0.25, -0.2) is 12.4 Å². The molecule has 128 valence electrons. The van der Waals surface area contributed by atoms with Gasteiger partial charge in [-0.3, -0.25) is 4.79 Å². The molecule has 3 aromatic rings. The molecule has 1 heterocycles. The minimum atomic E-state index is -3.79. The van der Waals surface area contributed by atoms with Gasteiger partial charge < -0.3 is 0 Å². The molecule has 0 radical (unpaired) electrons. The molecule has 0 fully saturated rings. The van der Waals surface area contributed by atoms with Crippen molar-refractivity contribution in [3.63, 3.8) is 0 Å². The van der Waals surface area contributed by atoms with Crippen LogP contribution in [0.2, 0.25) is 0 Å². The highest BCUT2D eigenvalue weighted by Gasteiger charge is 2.25. The number of hydrogen-bond donors (Lipinski definition) is 0. The summed E-state index contributed by atoms with van der Waals surface area (Å²) in [5.74, 6) is 0. The van der Waals surface area contributed by atoms with Crippen LogP contribution in [-0.2, 0) is 16.4 Å². The Morgan fingerprint density at radius 1 is 0.960 bits per heavy atom. The van der Waals surface area contributed by atoms with Crippen molar-refractivity contribution in [2.45, 2.75) is 24.7 Å². The summed E-state index contributed by atoms with van der Waals surface area (Å²) < 4.78 is 27.6. The van der Waals surface area contributed by atoms with Crippen molar-refractivity contribution in [2.75, 3.05) is 0 Å². The summed E-state index contributed by atoms with van der Waals surface area (Å²) in [6, 6.07) is 17.6. The Hall–Kier alpha value is -2.66. The molecule has 0 amide bonds. The van der Waals surface area contributed by atoms with Crippen LogP contribution < -0.4 is 0 Å². The van der Waals surface area contributed by atoms with E-state index in [1.165, 1.54) is 10.2 Å². The van der Waals surface area contributed by atoms with Crippen LogP contribution in [0, 0.1) is 0 Å². The molecule has 1 aromatic heterocycles. The van der Waals surface area contributed by atoms with Gasteiger partial charge in [0.25, 0.3) is 10.0 Å². The molecule has 0 aliphatic carbocycles. The first-order valence-corrected chi connectivity index (χ1v) is 9.59. The lowest BCUT2D eigenvalue weighted by Gasteiger charge is -2.12. The minimum absolute atomic E-state index is 0.197. The normalized spacial score (nSPS) is 11.4. The third-order valence-electron chi connectivity index (χ3n) is 4.09. The summed E-state index contributed by atoms with van der Waals surface area (Å²) in [5, 5.41) is 0. The standard InChI is InChI=1S/C20H19NO3S/c1-2-9-19-17(15-22)14-21(20(19)16-10-5-3-6-11-16)25(23,24)18-12-7-4-8-13-18/h3-8,10-15H,2,9H2,1H3. The fraction of sp³-hybridized carbons (Fsp3) is 0.150. The number of benzene rings is 2. The van der Waals surface area contributed by atoms with Crippen LogP contribution >= 0.6 is 0 Å². The molecule has 0 saturated carbocycles. The van der Waals surface area contributed by atoms with E-state index in [2.05, 4.69) is 0 Å². The van der Waals surface area contributed by atoms with Crippen molar-refractivity contribution in [3.05, 3.63) is 78.0 Å². The van der Waals surface area contributed by atoms with E-state index in [1.54, 1.807) is 30.3 Å². The quantitative estimate of drug-likeness (QED) is 0.625. The number of aldehydes is 1. The van der Waals surface area contributed by atoms with Crippen LogP contribution in [0.5, 0.6) is 0 Å². The molecule has 0 unspecified atom stereocenters. The van der Waals surface area contributed by atoms with Crippen molar-refractivity contribution >= 4 is 16.3 Å². The van der Waals surface area contributed by atoms with Gasteiger partial charge >= 0.3 is 0 Å². The minimum Gasteiger partial charge on any atom is -0.298 e. The van der Waals surface area contributed by atoms with Crippen molar-refractivity contribution in [1.29, 1.82) is 0 Å². The number of nitrogens with zero attached hydrogens (tertiary/aromatic N) is 1. The lowest BCUT2D eigenvalue weighted by atomic mass is 10.0. The second-order valence-electron chi connectivity index (χ2n) is 5.76. The molecule has 5 heteroatoms. The van der Waals surface area contributed by atoms with Crippen LogP contribution in [0.25, 0.3) is 11.3 Å². The Morgan fingerprint density at radius 3 is 2.12 bits per heavy atom. The zero-order valence-electron chi connectivity index (χ0n) is 13.9. The second-order valence-corrected chi connectivity index (χ2v) is 7.57. The van der Waals surface area contributed by atoms with E-state index in [9.17, 15) is 13.2 Å². The van der Waals surface area contributed by atoms with Gasteiger partial charge in [0.05, 0.1) is 10.6 Å². The molecular formula is C20H19NO3S. The van der Waals surface area contributed by atoms with Crippen molar-refractivity contribution < 1.29 is 13.2 Å². The van der Waals surface area contributed by atoms with Gasteiger partial charge in [-0.1, -0.05) is 61.9 Å². The van der Waals surface area contributed by atoms with Crippen LogP contribution in [0.15, 0.2) is 71.8 Å². The Kier molecular flexibility index (Phi) is 4.86. The Balaban J connectivity index is 2.32. The predicted molar refractivity (Wildman–Crippen MR) is 98.3 cm³/mol. The molecule has 2 aromatic carbocycles. The predicted octanol–water partition coefficient (Wildman–Crippen LogP) is 4.16. The fourth-order valence-electron chi connectivity index (χ4n) is 2.95. The van der Waals surface area contributed by atoms with Crippen molar-refractivity contribution in [2.24, 2.45) is 0 Å². The van der Waals surface area contributed by atoms with E-state index >= 15 is 0 Å². The van der Waals surface area contributed by atoms with Gasteiger partial charge in [0.15, 0.2) is 6.29 Å². The van der Waals surface area contributed by atoms with Crippen LogP contribution in [0.1, 0.15) is 29.3 Å². The zero-order chi connectivity index (χ0) is 17.9. The largest absolute Gasteiger partial charge is 0.298 e. The van der Waals surface area contributed by atoms with Gasteiger partial charge in [-0.05, 0) is 29.7 Å². The topological polar surface area (TPSA) is 56.1 Å². The monoisotopic (exact) mass is 353 g/mol. The molecule has 25 heavy (non-hydrogen) atoms. The van der Waals surface area contributed by atoms with Gasteiger partial charge in [0.1, 0.15) is 0 Å². The van der Waals surface area contributed by atoms with Crippen LogP contribution in [-0.4, -0.2) is 18.7 Å². The third-order valence-corrected chi connectivity index (χ3v) is 5.76. The molecule has 0 N–H and O–H groups in total. The van der Waals surface area contributed by atoms with Gasteiger partial charge in [0.2, 0.25) is 0 Å². The van der Waals surface area contributed by atoms with Crippen molar-refractivity contribution in [1.82, 2.24) is 3.97 Å². The van der Waals surface area contributed by atoms with Gasteiger partial charge in [0, 0.05) is 11.8 Å². The number of carbonyl (C=O) groups excluding carboxylic acids is 1. The summed E-state index contributed by atoms with van der Waals surface area (Å²) in [6.07, 6.45) is 3.61. The van der Waals surface area contributed by atoms with E-state index in [4.69, 9.17) is 0 Å². The molecule has 0 aliphatic heterocycles. The molecule has 0 atom stereocenters. The molecule has 4 nitrogen and oxygen atoms in total. The maximum atomic E-state index is 13.2. The number of rotatable bonds is 6. The molecule has 3 rings (SSSR count). The highest BCUT2D eigenvalue weighted by atomic mass is 32.2. The van der Waals surface area contributed by atoms with Gasteiger partial charge in [-0.15, -0.1) is 0 Å². The second kappa shape index (κ2) is 7.07. The summed E-state index contributed by atoms with van der Waals surface area (Å²) >= 11 is 0. The first kappa shape index (κ1) is 17.2. The molecule has 0 bridgehead atoms. The van der Waals surface area contributed by atoms with E-state index in [1.807, 2.05) is 37.3 Å². The number of carbonyl (C=O) groups is 1. The van der Waals surface area contributed by atoms with E-state index in [0.717, 1.165) is 23.8 Å². The number of aromatic nitrogens is 1. The Morgan fingerprint density at radius 2 is 1.56 bits per heavy atom. The summed E-state index contributed by atoms with van der Waals surface area (Å²) in [7, 11) is -3.79. The molecule has 0 spiro atoms. The maximum absolute atomic E-state index is 13.2. The zero-order valence-corrected chi connectivity index (χ0v) is 14.7. The van der Waals surface area contributed by atoms with Crippen molar-refractivity contribution in [3.8, 4) is 11.3 Å². The third kappa shape index (κ3) is 3.15. The first-order valence-electron chi connectivity index (χ1n) is 8.15. The van der Waals surface area contributed by atoms with E-state index in [0.29, 0.717) is 17.7 Å². The fourth-order valence-corrected chi connectivity index (χ4v) is 4.38. The average molecular weight is 353 g/mol. The van der Waals surface area contributed by atoms with E-state index in [-0.39, 0.29) is 4.90 Å². The number of hydrogen-bond acceptors (Lipinski definition) is 3. The first-order chi connectivity index (χ1) is 12.1. The maximum Gasteiger partial charge on any atom is 0.268 e. The SMILES string of the molecule is CCCc1c(C=O)cn(S(=O)(=O)c2ccccc2)c1-c1ccccc1.